The van der Waals surface area contributed by atoms with Gasteiger partial charge in [0, 0.05) is 29.9 Å². The van der Waals surface area contributed by atoms with Crippen molar-refractivity contribution in [1.29, 1.82) is 0 Å². The Morgan fingerprint density at radius 2 is 1.96 bits per heavy atom. The van der Waals surface area contributed by atoms with Crippen molar-refractivity contribution in [2.45, 2.75) is 63.9 Å². The summed E-state index contributed by atoms with van der Waals surface area (Å²) in [6.45, 7) is 5.86. The third-order valence-corrected chi connectivity index (χ3v) is 5.50. The van der Waals surface area contributed by atoms with E-state index in [-0.39, 0.29) is 50.0 Å². The zero-order valence-corrected chi connectivity index (χ0v) is 17.4. The van der Waals surface area contributed by atoms with Crippen molar-refractivity contribution >= 4 is 27.6 Å². The lowest BCUT2D eigenvalue weighted by Crippen LogP contribution is -2.45. The summed E-state index contributed by atoms with van der Waals surface area (Å²) >= 11 is 0. The van der Waals surface area contributed by atoms with E-state index in [0.717, 1.165) is 6.42 Å². The Kier molecular flexibility index (Phi) is 8.22. The summed E-state index contributed by atoms with van der Waals surface area (Å²) in [6, 6.07) is 0.145. The maximum Gasteiger partial charge on any atom is 0.326 e. The highest BCUT2D eigenvalue weighted by atomic mass is 16.6. The number of esters is 1. The summed E-state index contributed by atoms with van der Waals surface area (Å²) in [6.07, 6.45) is 0.906. The average molecular weight is 392 g/mol. The lowest BCUT2D eigenvalue weighted by molar-refractivity contribution is -0.156. The van der Waals surface area contributed by atoms with Crippen molar-refractivity contribution in [1.82, 2.24) is 4.90 Å². The Labute approximate surface area is 167 Å². The number of hydrogen-bond donors (Lipinski definition) is 0. The first kappa shape index (κ1) is 22.6. The zero-order chi connectivity index (χ0) is 20.8. The predicted molar refractivity (Wildman–Crippen MR) is 108 cm³/mol. The number of ether oxygens (including phenoxy) is 3. The van der Waals surface area contributed by atoms with Gasteiger partial charge in [0.1, 0.15) is 34.9 Å². The highest BCUT2D eigenvalue weighted by Gasteiger charge is 2.38. The lowest BCUT2D eigenvalue weighted by atomic mass is 9.84. The molecule has 9 nitrogen and oxygen atoms in total. The first-order valence-corrected chi connectivity index (χ1v) is 10.00. The van der Waals surface area contributed by atoms with Crippen molar-refractivity contribution in [2.24, 2.45) is 17.0 Å². The van der Waals surface area contributed by atoms with Gasteiger partial charge in [0.2, 0.25) is 5.91 Å². The van der Waals surface area contributed by atoms with Gasteiger partial charge in [-0.15, -0.1) is 0 Å². The van der Waals surface area contributed by atoms with Crippen LogP contribution in [0, 0.1) is 11.8 Å². The number of hydrogen-bond acceptors (Lipinski definition) is 6. The van der Waals surface area contributed by atoms with Crippen LogP contribution in [-0.4, -0.2) is 82.4 Å². The van der Waals surface area contributed by atoms with Gasteiger partial charge in [0.25, 0.3) is 0 Å². The molecule has 0 spiro atoms. The van der Waals surface area contributed by atoms with Crippen LogP contribution in [-0.2, 0) is 23.8 Å². The molecule has 6 atom stereocenters. The van der Waals surface area contributed by atoms with Crippen LogP contribution in [0.2, 0.25) is 0 Å². The minimum absolute atomic E-state index is 0.0377. The second-order valence-electron chi connectivity index (χ2n) is 8.21. The number of nitrogens with zero attached hydrogens (tertiary/aromatic N) is 4. The van der Waals surface area contributed by atoms with Crippen molar-refractivity contribution in [3.63, 3.8) is 0 Å². The van der Waals surface area contributed by atoms with Crippen molar-refractivity contribution < 1.29 is 23.8 Å². The van der Waals surface area contributed by atoms with E-state index >= 15 is 0 Å². The van der Waals surface area contributed by atoms with Crippen molar-refractivity contribution in [3.05, 3.63) is 10.4 Å². The van der Waals surface area contributed by atoms with Gasteiger partial charge in [-0.3, -0.25) is 9.59 Å². The average Bonchev–Trinajstić information content (AvgIpc) is 3.13. The first-order chi connectivity index (χ1) is 13.2. The predicted octanol–water partition coefficient (Wildman–Crippen LogP) is -0.175. The Bertz CT molecular complexity index is 616. The van der Waals surface area contributed by atoms with Gasteiger partial charge in [-0.2, -0.15) is 0 Å². The second-order valence-corrected chi connectivity index (χ2v) is 8.21. The van der Waals surface area contributed by atoms with E-state index in [4.69, 9.17) is 19.7 Å². The molecule has 154 valence electrons. The monoisotopic (exact) mass is 392 g/mol. The molecule has 0 aromatic rings. The number of carbonyl (C=O) groups is 2. The number of rotatable bonds is 8. The molecule has 0 bridgehead atoms. The summed E-state index contributed by atoms with van der Waals surface area (Å²) in [5.74, 6) is -0.209. The fourth-order valence-electron chi connectivity index (χ4n) is 4.07. The third kappa shape index (κ3) is 6.15. The van der Waals surface area contributed by atoms with E-state index in [1.54, 1.807) is 0 Å². The topological polar surface area (TPSA) is 114 Å². The maximum atomic E-state index is 12.5. The molecule has 6 unspecified atom stereocenters. The third-order valence-electron chi connectivity index (χ3n) is 5.50. The van der Waals surface area contributed by atoms with Crippen LogP contribution in [0.15, 0.2) is 5.11 Å². The molecular weight excluding hydrogens is 362 g/mol. The van der Waals surface area contributed by atoms with Gasteiger partial charge in [-0.25, -0.2) is 0 Å². The summed E-state index contributed by atoms with van der Waals surface area (Å²) in [5, 5.41) is 3.35. The second kappa shape index (κ2) is 10.2. The van der Waals surface area contributed by atoms with Crippen molar-refractivity contribution in [3.8, 4) is 0 Å². The van der Waals surface area contributed by atoms with Crippen LogP contribution >= 0.6 is 0 Å². The molecule has 0 aromatic carbocycles. The summed E-state index contributed by atoms with van der Waals surface area (Å²) in [5.41, 5.74) is 8.51. The Morgan fingerprint density at radius 3 is 2.54 bits per heavy atom. The van der Waals surface area contributed by atoms with Gasteiger partial charge in [0.05, 0.1) is 12.2 Å². The molecule has 0 saturated carbocycles. The Balaban J connectivity index is 2.03. The Morgan fingerprint density at radius 1 is 1.29 bits per heavy atom. The lowest BCUT2D eigenvalue weighted by Gasteiger charge is -2.29. The molecule has 2 aliphatic rings. The highest BCUT2D eigenvalue weighted by molar-refractivity contribution is 6.11. The standard InChI is InChI=1S/C17H30B2N4O5/c1-9(2)11-4-14(18)27-13(11)7-23(16(24)6-21-22-20)8-17(25)28-12-5-15(19)26-10(12)3/h9-15H,4-8,18-19H2,1-3H3. The van der Waals surface area contributed by atoms with Crippen LogP contribution in [0.3, 0.4) is 0 Å². The van der Waals surface area contributed by atoms with E-state index in [9.17, 15) is 9.59 Å². The number of azide groups is 1. The SMILES string of the molecule is BC1CC(OC(=O)CN(CC2OC(B)CC2C(C)C)C(=O)CN=[N+]=[N-])C(C)O1. The molecule has 0 radical (unpaired) electrons. The van der Waals surface area contributed by atoms with E-state index in [1.165, 1.54) is 4.90 Å². The van der Waals surface area contributed by atoms with E-state index < -0.39 is 11.9 Å². The Hall–Kier alpha value is -1.70. The normalized spacial score (nSPS) is 32.1. The van der Waals surface area contributed by atoms with E-state index in [1.807, 2.05) is 22.6 Å². The van der Waals surface area contributed by atoms with Gasteiger partial charge < -0.3 is 19.1 Å². The van der Waals surface area contributed by atoms with Crippen LogP contribution in [0.25, 0.3) is 10.4 Å². The van der Waals surface area contributed by atoms with E-state index in [2.05, 4.69) is 23.9 Å². The van der Waals surface area contributed by atoms with Gasteiger partial charge in [-0.1, -0.05) is 19.0 Å². The molecular formula is C17H30B2N4O5. The number of amides is 1. The summed E-state index contributed by atoms with van der Waals surface area (Å²) in [7, 11) is 3.95. The van der Waals surface area contributed by atoms with Crippen LogP contribution in [0.1, 0.15) is 33.6 Å². The maximum absolute atomic E-state index is 12.5. The number of carbonyl (C=O) groups excluding carboxylic acids is 2. The molecule has 28 heavy (non-hydrogen) atoms. The van der Waals surface area contributed by atoms with Gasteiger partial charge in [-0.05, 0) is 30.7 Å². The largest absolute Gasteiger partial charge is 0.458 e. The molecule has 2 rings (SSSR count). The van der Waals surface area contributed by atoms with Crippen LogP contribution < -0.4 is 0 Å². The fraction of sp³-hybridized carbons (Fsp3) is 0.882. The van der Waals surface area contributed by atoms with Crippen LogP contribution in [0.5, 0.6) is 0 Å². The molecule has 2 aliphatic heterocycles. The smallest absolute Gasteiger partial charge is 0.326 e. The molecule has 0 aromatic heterocycles. The molecule has 1 amide bonds. The molecule has 2 saturated heterocycles. The molecule has 2 heterocycles. The summed E-state index contributed by atoms with van der Waals surface area (Å²) in [4.78, 5) is 29.0. The van der Waals surface area contributed by atoms with Crippen LogP contribution in [0.4, 0.5) is 0 Å². The van der Waals surface area contributed by atoms with Gasteiger partial charge >= 0.3 is 5.97 Å². The molecule has 0 N–H and O–H groups in total. The molecule has 2 fully saturated rings. The van der Waals surface area contributed by atoms with E-state index in [0.29, 0.717) is 18.3 Å². The minimum atomic E-state index is -0.490. The summed E-state index contributed by atoms with van der Waals surface area (Å²) < 4.78 is 17.1. The van der Waals surface area contributed by atoms with Gasteiger partial charge in [0.15, 0.2) is 0 Å². The fourth-order valence-corrected chi connectivity index (χ4v) is 4.07. The quantitative estimate of drug-likeness (QED) is 0.187. The minimum Gasteiger partial charge on any atom is -0.458 e. The zero-order valence-electron chi connectivity index (χ0n) is 17.4. The van der Waals surface area contributed by atoms with Crippen molar-refractivity contribution in [2.75, 3.05) is 19.6 Å². The highest BCUT2D eigenvalue weighted by Crippen LogP contribution is 2.31. The molecule has 11 heteroatoms. The molecule has 0 aliphatic carbocycles. The first-order valence-electron chi connectivity index (χ1n) is 10.00.